The van der Waals surface area contributed by atoms with Crippen LogP contribution in [0.4, 0.5) is 23.8 Å². The molecular weight excluding hydrogens is 297 g/mol. The first-order valence-corrected chi connectivity index (χ1v) is 5.64. The molecule has 2 aromatic heterocycles. The maximum absolute atomic E-state index is 12.5. The third kappa shape index (κ3) is 2.85. The number of hydrogen-bond acceptors (Lipinski definition) is 2. The Kier molecular flexibility index (Phi) is 3.58. The van der Waals surface area contributed by atoms with Crippen molar-refractivity contribution < 1.29 is 18.0 Å². The first-order chi connectivity index (χ1) is 9.29. The standard InChI is InChI=1S/C11H8ClF3N4O/c12-7-4-6(11(13,14)15)5-17-9(7)19-3-1-2-8(19)18-10(16)20/h1-5H,(H3,16,18,20). The molecule has 2 aromatic rings. The number of nitrogens with one attached hydrogen (secondary N) is 1. The van der Waals surface area contributed by atoms with Crippen LogP contribution in [0.25, 0.3) is 5.82 Å². The van der Waals surface area contributed by atoms with Crippen molar-refractivity contribution in [2.75, 3.05) is 5.32 Å². The van der Waals surface area contributed by atoms with E-state index >= 15 is 0 Å². The lowest BCUT2D eigenvalue weighted by molar-refractivity contribution is -0.137. The van der Waals surface area contributed by atoms with Crippen molar-refractivity contribution >= 4 is 23.4 Å². The Hall–Kier alpha value is -2.22. The number of nitrogens with zero attached hydrogens (tertiary/aromatic N) is 2. The molecule has 2 rings (SSSR count). The van der Waals surface area contributed by atoms with Crippen LogP contribution in [0, 0.1) is 0 Å². The van der Waals surface area contributed by atoms with Gasteiger partial charge in [0.25, 0.3) is 0 Å². The van der Waals surface area contributed by atoms with Crippen LogP contribution in [0.5, 0.6) is 0 Å². The minimum Gasteiger partial charge on any atom is -0.351 e. The van der Waals surface area contributed by atoms with E-state index in [2.05, 4.69) is 10.3 Å². The van der Waals surface area contributed by atoms with Gasteiger partial charge >= 0.3 is 12.2 Å². The fraction of sp³-hybridized carbons (Fsp3) is 0.0909. The summed E-state index contributed by atoms with van der Waals surface area (Å²) in [7, 11) is 0. The van der Waals surface area contributed by atoms with Gasteiger partial charge in [0.05, 0.1) is 10.6 Å². The van der Waals surface area contributed by atoms with Gasteiger partial charge in [-0.3, -0.25) is 9.88 Å². The van der Waals surface area contributed by atoms with Crippen molar-refractivity contribution in [1.82, 2.24) is 9.55 Å². The fourth-order valence-corrected chi connectivity index (χ4v) is 1.81. The molecular formula is C11H8ClF3N4O. The van der Waals surface area contributed by atoms with Crippen LogP contribution in [0.3, 0.4) is 0 Å². The molecule has 0 aliphatic carbocycles. The molecule has 0 aromatic carbocycles. The predicted molar refractivity (Wildman–Crippen MR) is 66.8 cm³/mol. The SMILES string of the molecule is NC(=O)Nc1cccn1-c1ncc(C(F)(F)F)cc1Cl. The number of halogens is 4. The van der Waals surface area contributed by atoms with Crippen molar-refractivity contribution in [3.8, 4) is 5.82 Å². The van der Waals surface area contributed by atoms with Crippen LogP contribution >= 0.6 is 11.6 Å². The Bertz CT molecular complexity index is 653. The highest BCUT2D eigenvalue weighted by atomic mass is 35.5. The van der Waals surface area contributed by atoms with Crippen molar-refractivity contribution in [2.24, 2.45) is 5.73 Å². The Morgan fingerprint density at radius 1 is 1.45 bits per heavy atom. The molecule has 0 saturated heterocycles. The Morgan fingerprint density at radius 2 is 2.15 bits per heavy atom. The highest BCUT2D eigenvalue weighted by molar-refractivity contribution is 6.32. The quantitative estimate of drug-likeness (QED) is 0.895. The maximum atomic E-state index is 12.5. The Morgan fingerprint density at radius 3 is 2.70 bits per heavy atom. The van der Waals surface area contributed by atoms with Crippen molar-refractivity contribution in [3.05, 3.63) is 41.2 Å². The second kappa shape index (κ2) is 5.04. The van der Waals surface area contributed by atoms with E-state index in [0.29, 0.717) is 6.20 Å². The minimum atomic E-state index is -4.53. The number of carbonyl (C=O) groups excluding carboxylic acids is 1. The number of amides is 2. The van der Waals surface area contributed by atoms with E-state index in [0.717, 1.165) is 6.07 Å². The second-order valence-corrected chi connectivity index (χ2v) is 4.19. The molecule has 0 spiro atoms. The zero-order valence-corrected chi connectivity index (χ0v) is 10.5. The molecule has 5 nitrogen and oxygen atoms in total. The van der Waals surface area contributed by atoms with Crippen LogP contribution in [0.1, 0.15) is 5.56 Å². The van der Waals surface area contributed by atoms with Gasteiger partial charge < -0.3 is 5.73 Å². The summed E-state index contributed by atoms with van der Waals surface area (Å²) in [4.78, 5) is 14.5. The molecule has 0 aliphatic heterocycles. The van der Waals surface area contributed by atoms with Gasteiger partial charge in [-0.05, 0) is 18.2 Å². The average molecular weight is 305 g/mol. The average Bonchev–Trinajstić information content (AvgIpc) is 2.74. The van der Waals surface area contributed by atoms with Crippen LogP contribution in [-0.4, -0.2) is 15.6 Å². The number of aromatic nitrogens is 2. The van der Waals surface area contributed by atoms with Gasteiger partial charge in [0.2, 0.25) is 0 Å². The molecule has 0 aliphatic rings. The highest BCUT2D eigenvalue weighted by Crippen LogP contribution is 2.32. The summed E-state index contributed by atoms with van der Waals surface area (Å²) >= 11 is 5.81. The van der Waals surface area contributed by atoms with Gasteiger partial charge in [0.1, 0.15) is 5.82 Å². The Balaban J connectivity index is 2.44. The molecule has 2 heterocycles. The largest absolute Gasteiger partial charge is 0.417 e. The summed E-state index contributed by atoms with van der Waals surface area (Å²) < 4.78 is 38.9. The zero-order chi connectivity index (χ0) is 14.9. The maximum Gasteiger partial charge on any atom is 0.417 e. The highest BCUT2D eigenvalue weighted by Gasteiger charge is 2.31. The number of alkyl halides is 3. The molecule has 0 atom stereocenters. The van der Waals surface area contributed by atoms with E-state index in [4.69, 9.17) is 17.3 Å². The molecule has 0 saturated carbocycles. The third-order valence-electron chi connectivity index (χ3n) is 2.38. The van der Waals surface area contributed by atoms with E-state index in [1.165, 1.54) is 16.8 Å². The monoisotopic (exact) mass is 304 g/mol. The molecule has 0 bridgehead atoms. The van der Waals surface area contributed by atoms with Gasteiger partial charge in [-0.1, -0.05) is 11.6 Å². The lowest BCUT2D eigenvalue weighted by atomic mass is 10.3. The van der Waals surface area contributed by atoms with Crippen molar-refractivity contribution in [2.45, 2.75) is 6.18 Å². The normalized spacial score (nSPS) is 11.4. The summed E-state index contributed by atoms with van der Waals surface area (Å²) in [6.07, 6.45) is -2.39. The lowest BCUT2D eigenvalue weighted by Crippen LogP contribution is -2.21. The van der Waals surface area contributed by atoms with Crippen molar-refractivity contribution in [3.63, 3.8) is 0 Å². The molecule has 9 heteroatoms. The zero-order valence-electron chi connectivity index (χ0n) is 9.78. The smallest absolute Gasteiger partial charge is 0.351 e. The lowest BCUT2D eigenvalue weighted by Gasteiger charge is -2.12. The fourth-order valence-electron chi connectivity index (χ4n) is 1.56. The molecule has 0 unspecified atom stereocenters. The minimum absolute atomic E-state index is 0.0495. The van der Waals surface area contributed by atoms with Gasteiger partial charge in [0.15, 0.2) is 5.82 Å². The van der Waals surface area contributed by atoms with E-state index in [9.17, 15) is 18.0 Å². The van der Waals surface area contributed by atoms with Crippen LogP contribution in [0.15, 0.2) is 30.6 Å². The van der Waals surface area contributed by atoms with Crippen molar-refractivity contribution in [1.29, 1.82) is 0 Å². The number of rotatable bonds is 2. The molecule has 0 radical (unpaired) electrons. The topological polar surface area (TPSA) is 72.9 Å². The van der Waals surface area contributed by atoms with Gasteiger partial charge in [-0.2, -0.15) is 13.2 Å². The van der Waals surface area contributed by atoms with Gasteiger partial charge in [0, 0.05) is 12.4 Å². The molecule has 3 N–H and O–H groups in total. The Labute approximate surface area is 116 Å². The first kappa shape index (κ1) is 14.2. The number of anilines is 1. The summed E-state index contributed by atoms with van der Waals surface area (Å²) in [6.45, 7) is 0. The summed E-state index contributed by atoms with van der Waals surface area (Å²) in [6, 6.07) is 3.01. The number of pyridine rings is 1. The number of nitrogens with two attached hydrogens (primary N) is 1. The van der Waals surface area contributed by atoms with Crippen LogP contribution in [-0.2, 0) is 6.18 Å². The third-order valence-corrected chi connectivity index (χ3v) is 2.66. The van der Waals surface area contributed by atoms with E-state index in [1.54, 1.807) is 6.07 Å². The summed E-state index contributed by atoms with van der Waals surface area (Å²) in [5.41, 5.74) is 4.03. The van der Waals surface area contributed by atoms with Crippen LogP contribution in [0.2, 0.25) is 5.02 Å². The number of hydrogen-bond donors (Lipinski definition) is 2. The molecule has 20 heavy (non-hydrogen) atoms. The van der Waals surface area contributed by atoms with E-state index in [-0.39, 0.29) is 16.7 Å². The van der Waals surface area contributed by atoms with Gasteiger partial charge in [-0.15, -0.1) is 0 Å². The number of primary amides is 1. The van der Waals surface area contributed by atoms with E-state index in [1.807, 2.05) is 0 Å². The second-order valence-electron chi connectivity index (χ2n) is 3.78. The summed E-state index contributed by atoms with van der Waals surface area (Å²) in [5, 5.41) is 2.10. The molecule has 106 valence electrons. The van der Waals surface area contributed by atoms with E-state index < -0.39 is 17.8 Å². The van der Waals surface area contributed by atoms with Crippen LogP contribution < -0.4 is 11.1 Å². The molecule has 0 fully saturated rings. The summed E-state index contributed by atoms with van der Waals surface area (Å²) in [5.74, 6) is 0.292. The first-order valence-electron chi connectivity index (χ1n) is 5.26. The molecule has 2 amide bonds. The number of carbonyl (C=O) groups is 1. The number of urea groups is 1. The van der Waals surface area contributed by atoms with Gasteiger partial charge in [-0.25, -0.2) is 9.78 Å². The predicted octanol–water partition coefficient (Wildman–Crippen LogP) is 3.04.